The van der Waals surface area contributed by atoms with E-state index in [1.54, 1.807) is 37.3 Å². The van der Waals surface area contributed by atoms with Gasteiger partial charge in [0, 0.05) is 18.0 Å². The molecule has 5 nitrogen and oxygen atoms in total. The number of aromatic hydroxyl groups is 1. The molecule has 0 aliphatic rings. The first-order valence-corrected chi connectivity index (χ1v) is 7.89. The number of halogens is 2. The Morgan fingerprint density at radius 3 is 2.46 bits per heavy atom. The number of hydrogen-bond acceptors (Lipinski definition) is 4. The van der Waals surface area contributed by atoms with E-state index in [1.165, 1.54) is 0 Å². The molecule has 0 spiro atoms. The van der Waals surface area contributed by atoms with Gasteiger partial charge in [-0.3, -0.25) is 4.79 Å². The van der Waals surface area contributed by atoms with Crippen molar-refractivity contribution in [2.45, 2.75) is 20.1 Å². The number of ether oxygens (including phenoxy) is 1. The van der Waals surface area contributed by atoms with E-state index in [2.05, 4.69) is 0 Å². The summed E-state index contributed by atoms with van der Waals surface area (Å²) in [4.78, 5) is 24.9. The summed E-state index contributed by atoms with van der Waals surface area (Å²) in [5.41, 5.74) is -0.749. The number of rotatable bonds is 4. The summed E-state index contributed by atoms with van der Waals surface area (Å²) in [5.74, 6) is -4.12. The molecule has 0 fully saturated rings. The fourth-order valence-electron chi connectivity index (χ4n) is 2.72. The molecule has 0 radical (unpaired) electrons. The number of hydrogen-bond donors (Lipinski definition) is 1. The zero-order chi connectivity index (χ0) is 18.8. The fourth-order valence-corrected chi connectivity index (χ4v) is 2.72. The summed E-state index contributed by atoms with van der Waals surface area (Å²) >= 11 is 0. The molecule has 26 heavy (non-hydrogen) atoms. The van der Waals surface area contributed by atoms with Crippen LogP contribution in [0.4, 0.5) is 8.78 Å². The topological polar surface area (TPSA) is 68.5 Å². The lowest BCUT2D eigenvalue weighted by molar-refractivity contribution is 0.0467. The number of esters is 1. The van der Waals surface area contributed by atoms with Gasteiger partial charge in [0.25, 0.3) is 5.56 Å². The Hall–Kier alpha value is -3.22. The normalized spacial score (nSPS) is 10.9. The summed E-state index contributed by atoms with van der Waals surface area (Å²) in [6.07, 6.45) is 0. The molecular formula is C19H15F2NO4. The van der Waals surface area contributed by atoms with E-state index in [-0.39, 0.29) is 24.1 Å². The third kappa shape index (κ3) is 3.03. The Bertz CT molecular complexity index is 1050. The highest BCUT2D eigenvalue weighted by Gasteiger charge is 2.24. The lowest BCUT2D eigenvalue weighted by Crippen LogP contribution is -2.27. The Balaban J connectivity index is 2.09. The first-order chi connectivity index (χ1) is 12.4. The van der Waals surface area contributed by atoms with Gasteiger partial charge in [0.15, 0.2) is 17.2 Å². The van der Waals surface area contributed by atoms with Gasteiger partial charge in [-0.1, -0.05) is 30.3 Å². The van der Waals surface area contributed by atoms with Crippen LogP contribution < -0.4 is 5.56 Å². The number of pyridine rings is 1. The predicted octanol–water partition coefficient (Wildman–Crippen LogP) is 3.36. The number of benzene rings is 2. The van der Waals surface area contributed by atoms with Crippen molar-refractivity contribution in [3.63, 3.8) is 0 Å². The van der Waals surface area contributed by atoms with Gasteiger partial charge in [0.1, 0.15) is 12.4 Å². The third-order valence-corrected chi connectivity index (χ3v) is 4.01. The zero-order valence-electron chi connectivity index (χ0n) is 13.8. The Morgan fingerprint density at radius 1 is 1.15 bits per heavy atom. The van der Waals surface area contributed by atoms with Crippen molar-refractivity contribution in [3.8, 4) is 5.75 Å². The van der Waals surface area contributed by atoms with Gasteiger partial charge in [-0.25, -0.2) is 13.6 Å². The van der Waals surface area contributed by atoms with Crippen LogP contribution in [0.5, 0.6) is 5.75 Å². The van der Waals surface area contributed by atoms with Crippen molar-refractivity contribution < 1.29 is 23.4 Å². The van der Waals surface area contributed by atoms with E-state index in [4.69, 9.17) is 4.74 Å². The molecule has 0 saturated heterocycles. The van der Waals surface area contributed by atoms with Gasteiger partial charge in [-0.2, -0.15) is 0 Å². The van der Waals surface area contributed by atoms with Crippen molar-refractivity contribution in [1.82, 2.24) is 4.57 Å². The molecule has 0 aliphatic heterocycles. The van der Waals surface area contributed by atoms with Crippen molar-refractivity contribution in [2.75, 3.05) is 0 Å². The minimum absolute atomic E-state index is 0.00601. The Morgan fingerprint density at radius 2 is 1.81 bits per heavy atom. The van der Waals surface area contributed by atoms with Crippen molar-refractivity contribution >= 4 is 16.9 Å². The number of aromatic nitrogens is 1. The molecule has 0 saturated carbocycles. The highest BCUT2D eigenvalue weighted by atomic mass is 19.2. The van der Waals surface area contributed by atoms with Crippen LogP contribution in [0, 0.1) is 11.6 Å². The van der Waals surface area contributed by atoms with Gasteiger partial charge in [0.05, 0.1) is 5.52 Å². The maximum Gasteiger partial charge on any atom is 0.347 e. The van der Waals surface area contributed by atoms with Gasteiger partial charge in [0.2, 0.25) is 0 Å². The molecule has 3 aromatic rings. The molecular weight excluding hydrogens is 344 g/mol. The summed E-state index contributed by atoms with van der Waals surface area (Å²) in [7, 11) is 0. The van der Waals surface area contributed by atoms with Gasteiger partial charge in [-0.05, 0) is 18.6 Å². The van der Waals surface area contributed by atoms with Crippen LogP contribution in [-0.2, 0) is 17.9 Å². The molecule has 0 unspecified atom stereocenters. The molecule has 1 aromatic heterocycles. The lowest BCUT2D eigenvalue weighted by Gasteiger charge is -2.13. The quantitative estimate of drug-likeness (QED) is 0.726. The molecule has 2 aromatic carbocycles. The molecule has 7 heteroatoms. The predicted molar refractivity (Wildman–Crippen MR) is 91.0 cm³/mol. The second kappa shape index (κ2) is 6.95. The van der Waals surface area contributed by atoms with Crippen LogP contribution >= 0.6 is 0 Å². The number of nitrogens with zero attached hydrogens (tertiary/aromatic N) is 1. The highest BCUT2D eigenvalue weighted by Crippen LogP contribution is 2.29. The van der Waals surface area contributed by atoms with Crippen molar-refractivity contribution in [3.05, 3.63) is 75.6 Å². The maximum atomic E-state index is 13.6. The van der Waals surface area contributed by atoms with E-state index < -0.39 is 34.5 Å². The average Bonchev–Trinajstić information content (AvgIpc) is 2.63. The molecule has 0 amide bonds. The fraction of sp³-hybridized carbons (Fsp3) is 0.158. The van der Waals surface area contributed by atoms with E-state index in [0.717, 1.165) is 16.7 Å². The van der Waals surface area contributed by atoms with Crippen LogP contribution in [0.3, 0.4) is 0 Å². The van der Waals surface area contributed by atoms with Crippen LogP contribution in [0.1, 0.15) is 22.8 Å². The molecule has 1 N–H and O–H groups in total. The minimum Gasteiger partial charge on any atom is -0.506 e. The number of fused-ring (bicyclic) bond motifs is 1. The third-order valence-electron chi connectivity index (χ3n) is 4.01. The molecule has 0 atom stereocenters. The second-order valence-corrected chi connectivity index (χ2v) is 5.62. The summed E-state index contributed by atoms with van der Waals surface area (Å²) in [6, 6.07) is 10.4. The highest BCUT2D eigenvalue weighted by molar-refractivity contribution is 5.99. The monoisotopic (exact) mass is 359 g/mol. The number of aryl methyl sites for hydroxylation is 1. The van der Waals surface area contributed by atoms with Crippen LogP contribution in [0.15, 0.2) is 47.3 Å². The smallest absolute Gasteiger partial charge is 0.347 e. The van der Waals surface area contributed by atoms with E-state index in [0.29, 0.717) is 5.56 Å². The second-order valence-electron chi connectivity index (χ2n) is 5.62. The minimum atomic E-state index is -1.20. The SMILES string of the molecule is CCn1c(=O)c(C(=O)OCc2ccccc2)c(O)c2cc(F)c(F)cc21. The largest absolute Gasteiger partial charge is 0.506 e. The zero-order valence-corrected chi connectivity index (χ0v) is 13.8. The molecule has 0 aliphatic carbocycles. The molecule has 0 bridgehead atoms. The van der Waals surface area contributed by atoms with E-state index >= 15 is 0 Å². The summed E-state index contributed by atoms with van der Waals surface area (Å²) in [5, 5.41) is 10.2. The molecule has 134 valence electrons. The maximum absolute atomic E-state index is 13.6. The Labute approximate surface area is 147 Å². The number of carbonyl (C=O) groups excluding carboxylic acids is 1. The molecule has 1 heterocycles. The van der Waals surface area contributed by atoms with Crippen molar-refractivity contribution in [2.24, 2.45) is 0 Å². The average molecular weight is 359 g/mol. The van der Waals surface area contributed by atoms with E-state index in [9.17, 15) is 23.5 Å². The van der Waals surface area contributed by atoms with E-state index in [1.807, 2.05) is 0 Å². The van der Waals surface area contributed by atoms with Crippen molar-refractivity contribution in [1.29, 1.82) is 0 Å². The van der Waals surface area contributed by atoms with Crippen LogP contribution in [0.25, 0.3) is 10.9 Å². The Kier molecular flexibility index (Phi) is 4.71. The van der Waals surface area contributed by atoms with Gasteiger partial charge < -0.3 is 14.4 Å². The number of carbonyl (C=O) groups is 1. The lowest BCUT2D eigenvalue weighted by atomic mass is 10.1. The van der Waals surface area contributed by atoms with Crippen LogP contribution in [-0.4, -0.2) is 15.6 Å². The first kappa shape index (κ1) is 17.6. The summed E-state index contributed by atoms with van der Waals surface area (Å²) in [6.45, 7) is 1.61. The molecule has 3 rings (SSSR count). The summed E-state index contributed by atoms with van der Waals surface area (Å²) < 4.78 is 33.3. The standard InChI is InChI=1S/C19H15F2NO4/c1-2-22-15-9-14(21)13(20)8-12(15)17(23)16(18(22)24)19(25)26-10-11-6-4-3-5-7-11/h3-9,23H,2,10H2,1H3. The van der Waals surface area contributed by atoms with Gasteiger partial charge >= 0.3 is 5.97 Å². The van der Waals surface area contributed by atoms with Crippen LogP contribution in [0.2, 0.25) is 0 Å². The van der Waals surface area contributed by atoms with Gasteiger partial charge in [-0.15, -0.1) is 0 Å². The first-order valence-electron chi connectivity index (χ1n) is 7.89.